The summed E-state index contributed by atoms with van der Waals surface area (Å²) in [6, 6.07) is 20.4. The van der Waals surface area contributed by atoms with Gasteiger partial charge in [0.2, 0.25) is 10.0 Å². The number of hydrogen-bond acceptors (Lipinski definition) is 3. The van der Waals surface area contributed by atoms with Crippen molar-refractivity contribution in [2.24, 2.45) is 0 Å². The first-order chi connectivity index (χ1) is 14.5. The predicted molar refractivity (Wildman–Crippen MR) is 115 cm³/mol. The molecule has 2 N–H and O–H groups in total. The van der Waals surface area contributed by atoms with E-state index in [0.717, 1.165) is 33.8 Å². The van der Waals surface area contributed by atoms with Gasteiger partial charge in [0.05, 0.1) is 12.0 Å². The molecule has 7 heteroatoms. The normalized spacial score (nSPS) is 12.7. The highest BCUT2D eigenvalue weighted by Gasteiger charge is 2.22. The number of nitrogens with one attached hydrogen (secondary N) is 2. The molecule has 0 saturated heterocycles. The van der Waals surface area contributed by atoms with Crippen molar-refractivity contribution in [3.63, 3.8) is 0 Å². The highest BCUT2D eigenvalue weighted by atomic mass is 32.2. The zero-order valence-electron chi connectivity index (χ0n) is 16.3. The molecule has 0 aliphatic rings. The molecule has 0 saturated carbocycles. The Morgan fingerprint density at radius 1 is 1.03 bits per heavy atom. The van der Waals surface area contributed by atoms with Gasteiger partial charge in [0.25, 0.3) is 0 Å². The molecule has 0 aliphatic heterocycles. The third kappa shape index (κ3) is 4.08. The smallest absolute Gasteiger partial charge is 0.240 e. The Hall–Kier alpha value is -3.16. The van der Waals surface area contributed by atoms with Crippen molar-refractivity contribution in [1.29, 1.82) is 0 Å². The van der Waals surface area contributed by atoms with Crippen LogP contribution in [0.2, 0.25) is 0 Å². The molecule has 0 bridgehead atoms. The van der Waals surface area contributed by atoms with Gasteiger partial charge in [0.1, 0.15) is 11.6 Å². The summed E-state index contributed by atoms with van der Waals surface area (Å²) >= 11 is 0. The fourth-order valence-corrected chi connectivity index (χ4v) is 4.61. The number of rotatable bonds is 7. The molecule has 154 valence electrons. The molecule has 0 amide bonds. The highest BCUT2D eigenvalue weighted by Crippen LogP contribution is 2.31. The van der Waals surface area contributed by atoms with Gasteiger partial charge in [0, 0.05) is 29.6 Å². The summed E-state index contributed by atoms with van der Waals surface area (Å²) in [5.74, 6) is -0.131. The summed E-state index contributed by atoms with van der Waals surface area (Å²) < 4.78 is 46.9. The number of fused-ring (bicyclic) bond motifs is 1. The van der Waals surface area contributed by atoms with E-state index in [-0.39, 0.29) is 17.4 Å². The van der Waals surface area contributed by atoms with Crippen molar-refractivity contribution in [3.8, 4) is 5.75 Å². The van der Waals surface area contributed by atoms with E-state index in [1.54, 1.807) is 7.11 Å². The second kappa shape index (κ2) is 8.30. The minimum atomic E-state index is -3.87. The zero-order valence-corrected chi connectivity index (χ0v) is 17.1. The molecule has 3 aromatic carbocycles. The number of aromatic nitrogens is 1. The monoisotopic (exact) mass is 424 g/mol. The summed E-state index contributed by atoms with van der Waals surface area (Å²) in [6.45, 7) is 0.118. The first-order valence-electron chi connectivity index (χ1n) is 9.43. The third-order valence-electron chi connectivity index (χ3n) is 5.10. The quantitative estimate of drug-likeness (QED) is 0.461. The fourth-order valence-electron chi connectivity index (χ4n) is 3.54. The number of H-pyrrole nitrogens is 1. The minimum Gasteiger partial charge on any atom is -0.497 e. The maximum Gasteiger partial charge on any atom is 0.240 e. The zero-order chi connectivity index (χ0) is 21.1. The highest BCUT2D eigenvalue weighted by molar-refractivity contribution is 7.89. The first kappa shape index (κ1) is 20.1. The lowest BCUT2D eigenvalue weighted by atomic mass is 9.91. The van der Waals surface area contributed by atoms with E-state index in [1.165, 1.54) is 18.2 Å². The summed E-state index contributed by atoms with van der Waals surface area (Å²) in [7, 11) is -2.27. The predicted octanol–water partition coefficient (Wildman–Crippen LogP) is 4.43. The molecule has 0 radical (unpaired) electrons. The number of aromatic amines is 1. The molecule has 0 fully saturated rings. The van der Waals surface area contributed by atoms with E-state index in [0.29, 0.717) is 0 Å². The maximum atomic E-state index is 13.5. The van der Waals surface area contributed by atoms with Crippen molar-refractivity contribution < 1.29 is 17.5 Å². The first-order valence-corrected chi connectivity index (χ1v) is 10.9. The summed E-state index contributed by atoms with van der Waals surface area (Å²) in [5, 5.41) is 1.02. The lowest BCUT2D eigenvalue weighted by molar-refractivity contribution is 0.414. The van der Waals surface area contributed by atoms with Crippen molar-refractivity contribution in [3.05, 3.63) is 95.9 Å². The van der Waals surface area contributed by atoms with Crippen molar-refractivity contribution >= 4 is 20.9 Å². The molecule has 4 aromatic rings. The van der Waals surface area contributed by atoms with Crippen LogP contribution in [-0.2, 0) is 10.0 Å². The van der Waals surface area contributed by atoms with Gasteiger partial charge in [-0.2, -0.15) is 0 Å². The van der Waals surface area contributed by atoms with Crippen LogP contribution in [0.5, 0.6) is 5.75 Å². The molecule has 1 atom stereocenters. The number of methoxy groups -OCH3 is 1. The number of halogens is 1. The van der Waals surface area contributed by atoms with E-state index in [1.807, 2.05) is 54.7 Å². The Kier molecular flexibility index (Phi) is 5.57. The van der Waals surface area contributed by atoms with Gasteiger partial charge in [-0.1, -0.05) is 36.4 Å². The van der Waals surface area contributed by atoms with Gasteiger partial charge in [-0.05, 0) is 47.5 Å². The fraction of sp³-hybridized carbons (Fsp3) is 0.130. The lowest BCUT2D eigenvalue weighted by Gasteiger charge is -2.19. The van der Waals surface area contributed by atoms with E-state index in [2.05, 4.69) is 9.71 Å². The van der Waals surface area contributed by atoms with Crippen LogP contribution in [0.15, 0.2) is 83.9 Å². The van der Waals surface area contributed by atoms with Gasteiger partial charge in [-0.15, -0.1) is 0 Å². The van der Waals surface area contributed by atoms with Crippen LogP contribution < -0.4 is 9.46 Å². The molecular formula is C23H21FN2O3S. The molecule has 1 heterocycles. The Bertz CT molecular complexity index is 1270. The summed E-state index contributed by atoms with van der Waals surface area (Å²) in [5.41, 5.74) is 2.87. The Morgan fingerprint density at radius 3 is 2.53 bits per heavy atom. The van der Waals surface area contributed by atoms with Crippen molar-refractivity contribution in [2.45, 2.75) is 10.8 Å². The summed E-state index contributed by atoms with van der Waals surface area (Å²) in [6.07, 6.45) is 1.90. The SMILES string of the molecule is COc1ccc(C(CNS(=O)(=O)c2cccc(F)c2)c2c[nH]c3ccccc23)cc1. The standard InChI is InChI=1S/C23H21FN2O3S/c1-29-18-11-9-16(10-12-18)21(22-14-25-23-8-3-2-7-20(22)23)15-26-30(27,28)19-6-4-5-17(24)13-19/h2-14,21,25-26H,15H2,1H3. The van der Waals surface area contributed by atoms with Crippen LogP contribution in [0.1, 0.15) is 17.0 Å². The number of ether oxygens (including phenoxy) is 1. The molecule has 5 nitrogen and oxygen atoms in total. The number of para-hydroxylation sites is 1. The summed E-state index contributed by atoms with van der Waals surface area (Å²) in [4.78, 5) is 3.14. The van der Waals surface area contributed by atoms with Crippen LogP contribution >= 0.6 is 0 Å². The molecule has 4 rings (SSSR count). The van der Waals surface area contributed by atoms with E-state index in [9.17, 15) is 12.8 Å². The van der Waals surface area contributed by atoms with Crippen LogP contribution in [0, 0.1) is 5.82 Å². The van der Waals surface area contributed by atoms with Crippen LogP contribution in [-0.4, -0.2) is 27.1 Å². The topological polar surface area (TPSA) is 71.2 Å². The van der Waals surface area contributed by atoms with Gasteiger partial charge in [0.15, 0.2) is 0 Å². The van der Waals surface area contributed by atoms with Gasteiger partial charge >= 0.3 is 0 Å². The van der Waals surface area contributed by atoms with E-state index in [4.69, 9.17) is 4.74 Å². The molecule has 1 aromatic heterocycles. The van der Waals surface area contributed by atoms with Gasteiger partial charge < -0.3 is 9.72 Å². The molecule has 0 aliphatic carbocycles. The molecule has 0 spiro atoms. The van der Waals surface area contributed by atoms with Crippen LogP contribution in [0.3, 0.4) is 0 Å². The van der Waals surface area contributed by atoms with Gasteiger partial charge in [-0.25, -0.2) is 17.5 Å². The Balaban J connectivity index is 1.70. The molecular weight excluding hydrogens is 403 g/mol. The average Bonchev–Trinajstić information content (AvgIpc) is 3.18. The van der Waals surface area contributed by atoms with Crippen molar-refractivity contribution in [2.75, 3.05) is 13.7 Å². The second-order valence-corrected chi connectivity index (χ2v) is 8.69. The van der Waals surface area contributed by atoms with E-state index < -0.39 is 15.8 Å². The van der Waals surface area contributed by atoms with Crippen LogP contribution in [0.25, 0.3) is 10.9 Å². The van der Waals surface area contributed by atoms with Crippen molar-refractivity contribution in [1.82, 2.24) is 9.71 Å². The molecule has 30 heavy (non-hydrogen) atoms. The average molecular weight is 424 g/mol. The largest absolute Gasteiger partial charge is 0.497 e. The molecule has 1 unspecified atom stereocenters. The number of sulfonamides is 1. The van der Waals surface area contributed by atoms with Crippen LogP contribution in [0.4, 0.5) is 4.39 Å². The Morgan fingerprint density at radius 2 is 1.80 bits per heavy atom. The third-order valence-corrected chi connectivity index (χ3v) is 6.52. The Labute approximate surface area is 174 Å². The number of benzene rings is 3. The van der Waals surface area contributed by atoms with E-state index >= 15 is 0 Å². The number of hydrogen-bond donors (Lipinski definition) is 2. The lowest BCUT2D eigenvalue weighted by Crippen LogP contribution is -2.29. The maximum absolute atomic E-state index is 13.5. The minimum absolute atomic E-state index is 0.102. The van der Waals surface area contributed by atoms with Gasteiger partial charge in [-0.3, -0.25) is 0 Å². The second-order valence-electron chi connectivity index (χ2n) is 6.92.